The molecule has 0 unspecified atom stereocenters. The summed E-state index contributed by atoms with van der Waals surface area (Å²) < 4.78 is 25.3. The van der Waals surface area contributed by atoms with Gasteiger partial charge >= 0.3 is 0 Å². The van der Waals surface area contributed by atoms with Crippen LogP contribution in [0.3, 0.4) is 0 Å². The van der Waals surface area contributed by atoms with Crippen LogP contribution in [0.15, 0.2) is 12.7 Å². The highest BCUT2D eigenvalue weighted by atomic mass is 32.2. The largest absolute Gasteiger partial charge is 0.316 e. The van der Waals surface area contributed by atoms with Crippen molar-refractivity contribution in [3.8, 4) is 0 Å². The van der Waals surface area contributed by atoms with Crippen molar-refractivity contribution in [3.05, 3.63) is 12.7 Å². The molecule has 0 aromatic carbocycles. The zero-order chi connectivity index (χ0) is 12.4. The molecule has 0 aliphatic carbocycles. The van der Waals surface area contributed by atoms with E-state index in [0.29, 0.717) is 19.6 Å². The van der Waals surface area contributed by atoms with Gasteiger partial charge in [0.05, 0.1) is 5.75 Å². The molecule has 0 aliphatic rings. The lowest BCUT2D eigenvalue weighted by atomic mass is 10.5. The van der Waals surface area contributed by atoms with E-state index in [1.54, 1.807) is 6.08 Å². The second kappa shape index (κ2) is 8.73. The van der Waals surface area contributed by atoms with E-state index in [9.17, 15) is 8.42 Å². The first kappa shape index (κ1) is 15.6. The highest BCUT2D eigenvalue weighted by Crippen LogP contribution is 2.02. The van der Waals surface area contributed by atoms with Crippen LogP contribution in [0.25, 0.3) is 0 Å². The fraction of sp³-hybridized carbons (Fsp3) is 0.818. The Morgan fingerprint density at radius 2 is 1.94 bits per heavy atom. The number of nitrogens with one attached hydrogen (secondary N) is 1. The lowest BCUT2D eigenvalue weighted by molar-refractivity contribution is 0.440. The minimum atomic E-state index is -3.13. The van der Waals surface area contributed by atoms with Gasteiger partial charge in [0.15, 0.2) is 0 Å². The van der Waals surface area contributed by atoms with Gasteiger partial charge in [-0.25, -0.2) is 8.42 Å². The van der Waals surface area contributed by atoms with E-state index in [-0.39, 0.29) is 5.75 Å². The van der Waals surface area contributed by atoms with Crippen LogP contribution in [0.1, 0.15) is 26.7 Å². The first-order chi connectivity index (χ1) is 7.58. The van der Waals surface area contributed by atoms with E-state index < -0.39 is 10.0 Å². The molecule has 0 aromatic heterocycles. The zero-order valence-corrected chi connectivity index (χ0v) is 11.2. The molecule has 0 saturated heterocycles. The number of rotatable bonds is 10. The second-order valence-corrected chi connectivity index (χ2v) is 5.80. The summed E-state index contributed by atoms with van der Waals surface area (Å²) in [5.41, 5.74) is 0. The molecule has 0 rings (SSSR count). The molecule has 0 heterocycles. The minimum Gasteiger partial charge on any atom is -0.316 e. The molecule has 0 aliphatic heterocycles. The van der Waals surface area contributed by atoms with Crippen molar-refractivity contribution >= 4 is 10.0 Å². The van der Waals surface area contributed by atoms with Crippen molar-refractivity contribution < 1.29 is 8.42 Å². The van der Waals surface area contributed by atoms with E-state index in [0.717, 1.165) is 19.4 Å². The summed E-state index contributed by atoms with van der Waals surface area (Å²) in [6.45, 7) is 9.98. The first-order valence-electron chi connectivity index (χ1n) is 5.87. The van der Waals surface area contributed by atoms with Gasteiger partial charge in [-0.3, -0.25) is 0 Å². The third-order valence-corrected chi connectivity index (χ3v) is 4.00. The summed E-state index contributed by atoms with van der Waals surface area (Å²) in [5, 5.41) is 3.10. The SMILES string of the molecule is C=CCN(CCC)S(=O)(=O)CCNCCC. The smallest absolute Gasteiger partial charge is 0.215 e. The van der Waals surface area contributed by atoms with Crippen LogP contribution in [0.4, 0.5) is 0 Å². The van der Waals surface area contributed by atoms with Crippen molar-refractivity contribution in [1.29, 1.82) is 0 Å². The van der Waals surface area contributed by atoms with Crippen molar-refractivity contribution in [1.82, 2.24) is 9.62 Å². The van der Waals surface area contributed by atoms with E-state index in [4.69, 9.17) is 0 Å². The summed E-state index contributed by atoms with van der Waals surface area (Å²) in [4.78, 5) is 0. The van der Waals surface area contributed by atoms with Crippen LogP contribution in [-0.2, 0) is 10.0 Å². The average Bonchev–Trinajstić information content (AvgIpc) is 2.24. The van der Waals surface area contributed by atoms with Gasteiger partial charge in [0, 0.05) is 19.6 Å². The third-order valence-electron chi connectivity index (χ3n) is 2.16. The molecule has 16 heavy (non-hydrogen) atoms. The maximum Gasteiger partial charge on any atom is 0.215 e. The molecule has 0 fully saturated rings. The molecule has 1 N–H and O–H groups in total. The Morgan fingerprint density at radius 1 is 1.25 bits per heavy atom. The molecule has 0 radical (unpaired) electrons. The normalized spacial score (nSPS) is 11.9. The molecular formula is C11H24N2O2S. The highest BCUT2D eigenvalue weighted by molar-refractivity contribution is 7.89. The molecule has 4 nitrogen and oxygen atoms in total. The van der Waals surface area contributed by atoms with Crippen molar-refractivity contribution in [2.75, 3.05) is 31.9 Å². The molecule has 5 heteroatoms. The Balaban J connectivity index is 4.18. The molecule has 0 spiro atoms. The zero-order valence-electron chi connectivity index (χ0n) is 10.4. The Morgan fingerprint density at radius 3 is 2.44 bits per heavy atom. The van der Waals surface area contributed by atoms with E-state index in [1.807, 2.05) is 6.92 Å². The van der Waals surface area contributed by atoms with Crippen LogP contribution >= 0.6 is 0 Å². The summed E-state index contributed by atoms with van der Waals surface area (Å²) in [7, 11) is -3.13. The van der Waals surface area contributed by atoms with Crippen molar-refractivity contribution in [3.63, 3.8) is 0 Å². The molecule has 0 amide bonds. The maximum absolute atomic E-state index is 11.9. The number of sulfonamides is 1. The first-order valence-corrected chi connectivity index (χ1v) is 7.48. The van der Waals surface area contributed by atoms with Gasteiger partial charge in [-0.05, 0) is 19.4 Å². The molecule has 0 saturated carbocycles. The third kappa shape index (κ3) is 6.25. The molecule has 96 valence electrons. The summed E-state index contributed by atoms with van der Waals surface area (Å²) in [6, 6.07) is 0. The predicted molar refractivity (Wildman–Crippen MR) is 69.0 cm³/mol. The second-order valence-electron chi connectivity index (χ2n) is 3.71. The quantitative estimate of drug-likeness (QED) is 0.467. The topological polar surface area (TPSA) is 49.4 Å². The molecular weight excluding hydrogens is 224 g/mol. The van der Waals surface area contributed by atoms with Crippen molar-refractivity contribution in [2.24, 2.45) is 0 Å². The Kier molecular flexibility index (Phi) is 8.51. The lowest BCUT2D eigenvalue weighted by Gasteiger charge is -2.19. The summed E-state index contributed by atoms with van der Waals surface area (Å²) in [5.74, 6) is 0.167. The van der Waals surface area contributed by atoms with Gasteiger partial charge in [0.25, 0.3) is 0 Å². The Labute approximate surface area is 99.8 Å². The van der Waals surface area contributed by atoms with E-state index >= 15 is 0 Å². The van der Waals surface area contributed by atoms with Crippen molar-refractivity contribution in [2.45, 2.75) is 26.7 Å². The van der Waals surface area contributed by atoms with Crippen LogP contribution in [0, 0.1) is 0 Å². The standard InChI is InChI=1S/C11H24N2O2S/c1-4-7-12-8-11-16(14,15)13(9-5-2)10-6-3/h5,12H,2,4,6-11H2,1,3H3. The van der Waals surface area contributed by atoms with Gasteiger partial charge in [-0.1, -0.05) is 19.9 Å². The summed E-state index contributed by atoms with van der Waals surface area (Å²) >= 11 is 0. The highest BCUT2D eigenvalue weighted by Gasteiger charge is 2.18. The van der Waals surface area contributed by atoms with Crippen LogP contribution < -0.4 is 5.32 Å². The van der Waals surface area contributed by atoms with Crippen LogP contribution in [0.2, 0.25) is 0 Å². The van der Waals surface area contributed by atoms with Crippen LogP contribution in [-0.4, -0.2) is 44.7 Å². The van der Waals surface area contributed by atoms with E-state index in [1.165, 1.54) is 4.31 Å². The number of hydrogen-bond acceptors (Lipinski definition) is 3. The van der Waals surface area contributed by atoms with Crippen LogP contribution in [0.5, 0.6) is 0 Å². The fourth-order valence-electron chi connectivity index (χ4n) is 1.37. The summed E-state index contributed by atoms with van der Waals surface area (Å²) in [6.07, 6.45) is 3.48. The molecule has 0 bridgehead atoms. The lowest BCUT2D eigenvalue weighted by Crippen LogP contribution is -2.37. The number of hydrogen-bond donors (Lipinski definition) is 1. The van der Waals surface area contributed by atoms with Gasteiger partial charge in [-0.15, -0.1) is 6.58 Å². The fourth-order valence-corrected chi connectivity index (χ4v) is 2.82. The molecule has 0 aromatic rings. The molecule has 0 atom stereocenters. The maximum atomic E-state index is 11.9. The number of nitrogens with zero attached hydrogens (tertiary/aromatic N) is 1. The van der Waals surface area contributed by atoms with Gasteiger partial charge in [-0.2, -0.15) is 4.31 Å². The monoisotopic (exact) mass is 248 g/mol. The van der Waals surface area contributed by atoms with E-state index in [2.05, 4.69) is 18.8 Å². The Bertz CT molecular complexity index is 276. The predicted octanol–water partition coefficient (Wildman–Crippen LogP) is 1.21. The van der Waals surface area contributed by atoms with Gasteiger partial charge in [0.1, 0.15) is 0 Å². The Hall–Kier alpha value is -0.390. The minimum absolute atomic E-state index is 0.167. The average molecular weight is 248 g/mol. The van der Waals surface area contributed by atoms with Gasteiger partial charge in [0.2, 0.25) is 10.0 Å². The van der Waals surface area contributed by atoms with Gasteiger partial charge < -0.3 is 5.32 Å².